The van der Waals surface area contributed by atoms with E-state index in [0.717, 1.165) is 0 Å². The van der Waals surface area contributed by atoms with Gasteiger partial charge in [0.2, 0.25) is 15.9 Å². The molecule has 0 radical (unpaired) electrons. The normalized spacial score (nSPS) is 15.8. The SMILES string of the molecule is CC(C)COc1cc(C(C)NS(=O)(=O)CC/C=C/CN2CC(=O)NC2=O)ccc1F. The number of urea groups is 1. The summed E-state index contributed by atoms with van der Waals surface area (Å²) in [5.74, 6) is -0.658. The minimum atomic E-state index is -3.58. The summed E-state index contributed by atoms with van der Waals surface area (Å²) < 4.78 is 46.6. The summed E-state index contributed by atoms with van der Waals surface area (Å²) in [4.78, 5) is 23.8. The number of ether oxygens (including phenoxy) is 1. The van der Waals surface area contributed by atoms with E-state index < -0.39 is 27.9 Å². The minimum Gasteiger partial charge on any atom is -0.490 e. The molecule has 0 bridgehead atoms. The molecule has 1 aromatic carbocycles. The van der Waals surface area contributed by atoms with Gasteiger partial charge < -0.3 is 9.64 Å². The minimum absolute atomic E-state index is 0.00107. The number of rotatable bonds is 11. The summed E-state index contributed by atoms with van der Waals surface area (Å²) in [6, 6.07) is 3.28. The smallest absolute Gasteiger partial charge is 0.324 e. The first kappa shape index (κ1) is 23.8. The molecule has 0 aliphatic carbocycles. The van der Waals surface area contributed by atoms with Crippen LogP contribution in [0.4, 0.5) is 9.18 Å². The van der Waals surface area contributed by atoms with E-state index in [0.29, 0.717) is 12.2 Å². The van der Waals surface area contributed by atoms with Crippen LogP contribution in [0.3, 0.4) is 0 Å². The molecule has 1 aliphatic heterocycles. The van der Waals surface area contributed by atoms with E-state index in [9.17, 15) is 22.4 Å². The molecule has 1 unspecified atom stereocenters. The number of hydrogen-bond donors (Lipinski definition) is 2. The second-order valence-corrected chi connectivity index (χ2v) is 9.42. The van der Waals surface area contributed by atoms with Crippen LogP contribution in [-0.2, 0) is 14.8 Å². The highest BCUT2D eigenvalue weighted by molar-refractivity contribution is 7.89. The maximum Gasteiger partial charge on any atom is 0.324 e. The lowest BCUT2D eigenvalue weighted by Gasteiger charge is -2.16. The molecule has 1 fully saturated rings. The molecule has 1 saturated heterocycles. The third kappa shape index (κ3) is 7.42. The molecular weight excluding hydrogens is 413 g/mol. The van der Waals surface area contributed by atoms with Crippen LogP contribution in [0, 0.1) is 11.7 Å². The summed E-state index contributed by atoms with van der Waals surface area (Å²) in [6.45, 7) is 6.17. The molecular formula is C20H28FN3O5S. The van der Waals surface area contributed by atoms with Crippen LogP contribution in [0.1, 0.15) is 38.8 Å². The number of sulfonamides is 1. The van der Waals surface area contributed by atoms with Crippen molar-refractivity contribution in [1.29, 1.82) is 0 Å². The molecule has 2 N–H and O–H groups in total. The van der Waals surface area contributed by atoms with Crippen LogP contribution >= 0.6 is 0 Å². The standard InChI is InChI=1S/C20H28FN3O5S/c1-14(2)13-29-18-11-16(7-8-17(18)21)15(3)23-30(27,28)10-6-4-5-9-24-12-19(25)22-20(24)26/h4-5,7-8,11,14-15,23H,6,9-10,12-13H2,1-3H3,(H,22,25,26)/b5-4+. The largest absolute Gasteiger partial charge is 0.490 e. The maximum atomic E-state index is 13.9. The summed E-state index contributed by atoms with van der Waals surface area (Å²) >= 11 is 0. The number of carbonyl (C=O) groups excluding carboxylic acids is 2. The van der Waals surface area contributed by atoms with Crippen molar-refractivity contribution in [1.82, 2.24) is 14.9 Å². The Kier molecular flexibility index (Phi) is 8.36. The van der Waals surface area contributed by atoms with Crippen molar-refractivity contribution in [3.8, 4) is 5.75 Å². The second-order valence-electron chi connectivity index (χ2n) is 7.55. The van der Waals surface area contributed by atoms with Gasteiger partial charge in [-0.1, -0.05) is 32.1 Å². The zero-order valence-corrected chi connectivity index (χ0v) is 18.2. The first-order valence-electron chi connectivity index (χ1n) is 9.73. The van der Waals surface area contributed by atoms with Gasteiger partial charge >= 0.3 is 6.03 Å². The predicted molar refractivity (Wildman–Crippen MR) is 111 cm³/mol. The van der Waals surface area contributed by atoms with E-state index in [4.69, 9.17) is 4.74 Å². The van der Waals surface area contributed by atoms with E-state index in [1.54, 1.807) is 19.1 Å². The quantitative estimate of drug-likeness (QED) is 0.405. The predicted octanol–water partition coefficient (Wildman–Crippen LogP) is 2.34. The third-order valence-corrected chi connectivity index (χ3v) is 5.78. The molecule has 0 aromatic heterocycles. The fourth-order valence-electron chi connectivity index (χ4n) is 2.73. The van der Waals surface area contributed by atoms with Crippen LogP contribution in [-0.4, -0.2) is 50.7 Å². The number of benzene rings is 1. The average molecular weight is 442 g/mol. The van der Waals surface area contributed by atoms with Crippen molar-refractivity contribution < 1.29 is 27.1 Å². The molecule has 10 heteroatoms. The molecule has 1 aliphatic rings. The molecule has 2 rings (SSSR count). The Morgan fingerprint density at radius 2 is 2.00 bits per heavy atom. The van der Waals surface area contributed by atoms with Gasteiger partial charge in [0.25, 0.3) is 0 Å². The van der Waals surface area contributed by atoms with Gasteiger partial charge in [0.15, 0.2) is 11.6 Å². The van der Waals surface area contributed by atoms with Gasteiger partial charge in [-0.05, 0) is 37.0 Å². The van der Waals surface area contributed by atoms with E-state index >= 15 is 0 Å². The maximum absolute atomic E-state index is 13.9. The Labute approximate surface area is 176 Å². The van der Waals surface area contributed by atoms with E-state index in [1.807, 2.05) is 13.8 Å². The third-order valence-electron chi connectivity index (χ3n) is 4.30. The van der Waals surface area contributed by atoms with Crippen molar-refractivity contribution in [2.75, 3.05) is 25.4 Å². The number of allylic oxidation sites excluding steroid dienone is 1. The van der Waals surface area contributed by atoms with Gasteiger partial charge in [0.05, 0.1) is 12.4 Å². The van der Waals surface area contributed by atoms with Crippen molar-refractivity contribution in [3.63, 3.8) is 0 Å². The fourth-order valence-corrected chi connectivity index (χ4v) is 3.96. The lowest BCUT2D eigenvalue weighted by atomic mass is 10.1. The first-order valence-corrected chi connectivity index (χ1v) is 11.4. The van der Waals surface area contributed by atoms with Gasteiger partial charge in [-0.15, -0.1) is 0 Å². The Morgan fingerprint density at radius 3 is 2.63 bits per heavy atom. The van der Waals surface area contributed by atoms with Crippen LogP contribution in [0.2, 0.25) is 0 Å². The Morgan fingerprint density at radius 1 is 1.27 bits per heavy atom. The van der Waals surface area contributed by atoms with Crippen LogP contribution in [0.5, 0.6) is 5.75 Å². The zero-order chi connectivity index (χ0) is 22.3. The number of nitrogens with one attached hydrogen (secondary N) is 2. The number of halogens is 1. The topological polar surface area (TPSA) is 105 Å². The van der Waals surface area contributed by atoms with E-state index in [-0.39, 0.29) is 42.8 Å². The number of carbonyl (C=O) groups is 2. The van der Waals surface area contributed by atoms with Crippen LogP contribution < -0.4 is 14.8 Å². The van der Waals surface area contributed by atoms with E-state index in [2.05, 4.69) is 10.0 Å². The molecule has 3 amide bonds. The molecule has 166 valence electrons. The molecule has 30 heavy (non-hydrogen) atoms. The van der Waals surface area contributed by atoms with E-state index in [1.165, 1.54) is 23.1 Å². The van der Waals surface area contributed by atoms with Crippen molar-refractivity contribution in [2.24, 2.45) is 5.92 Å². The summed E-state index contributed by atoms with van der Waals surface area (Å²) in [5.41, 5.74) is 0.596. The van der Waals surface area contributed by atoms with Crippen LogP contribution in [0.25, 0.3) is 0 Å². The van der Waals surface area contributed by atoms with Gasteiger partial charge in [0.1, 0.15) is 6.54 Å². The van der Waals surface area contributed by atoms with Gasteiger partial charge in [0, 0.05) is 12.6 Å². The Bertz CT molecular complexity index is 902. The highest BCUT2D eigenvalue weighted by atomic mass is 32.2. The molecule has 1 aromatic rings. The average Bonchev–Trinajstić information content (AvgIpc) is 2.97. The number of imide groups is 1. The van der Waals surface area contributed by atoms with Gasteiger partial charge in [-0.2, -0.15) is 0 Å². The van der Waals surface area contributed by atoms with Crippen LogP contribution in [0.15, 0.2) is 30.4 Å². The summed E-state index contributed by atoms with van der Waals surface area (Å²) in [6.07, 6.45) is 3.54. The van der Waals surface area contributed by atoms with Crippen molar-refractivity contribution >= 4 is 22.0 Å². The zero-order valence-electron chi connectivity index (χ0n) is 17.4. The Hall–Kier alpha value is -2.46. The lowest BCUT2D eigenvalue weighted by molar-refractivity contribution is -0.118. The fraction of sp³-hybridized carbons (Fsp3) is 0.500. The number of nitrogens with zero attached hydrogens (tertiary/aromatic N) is 1. The molecule has 0 saturated carbocycles. The molecule has 8 nitrogen and oxygen atoms in total. The summed E-state index contributed by atoms with van der Waals surface area (Å²) in [7, 11) is -3.58. The van der Waals surface area contributed by atoms with Crippen molar-refractivity contribution in [2.45, 2.75) is 33.2 Å². The Balaban J connectivity index is 1.85. The lowest BCUT2D eigenvalue weighted by Crippen LogP contribution is -2.29. The van der Waals surface area contributed by atoms with Gasteiger partial charge in [-0.25, -0.2) is 22.3 Å². The number of hydrogen-bond acceptors (Lipinski definition) is 5. The summed E-state index contributed by atoms with van der Waals surface area (Å²) in [5, 5.41) is 2.17. The monoisotopic (exact) mass is 441 g/mol. The van der Waals surface area contributed by atoms with Crippen molar-refractivity contribution in [3.05, 3.63) is 41.7 Å². The molecule has 0 spiro atoms. The highest BCUT2D eigenvalue weighted by Gasteiger charge is 2.25. The van der Waals surface area contributed by atoms with Gasteiger partial charge in [-0.3, -0.25) is 10.1 Å². The number of amides is 3. The second kappa shape index (κ2) is 10.5. The molecule has 1 atom stereocenters. The first-order chi connectivity index (χ1) is 14.1. The highest BCUT2D eigenvalue weighted by Crippen LogP contribution is 2.24. The molecule has 1 heterocycles.